The molecule has 0 N–H and O–H groups in total. The van der Waals surface area contributed by atoms with Gasteiger partial charge < -0.3 is 0 Å². The molecule has 0 heterocycles. The van der Waals surface area contributed by atoms with Crippen molar-refractivity contribution in [2.45, 2.75) is 40.5 Å². The first-order valence-electron chi connectivity index (χ1n) is 5.74. The minimum Gasteiger partial charge on any atom is -0.291 e. The van der Waals surface area contributed by atoms with Crippen LogP contribution in [0.2, 0.25) is 0 Å². The van der Waals surface area contributed by atoms with Crippen LogP contribution in [-0.2, 0) is 9.59 Å². The fourth-order valence-corrected chi connectivity index (χ4v) is 2.28. The Hall–Kier alpha value is -1.18. The van der Waals surface area contributed by atoms with Crippen molar-refractivity contribution < 1.29 is 9.59 Å². The van der Waals surface area contributed by atoms with Crippen molar-refractivity contribution in [3.05, 3.63) is 23.8 Å². The smallest absolute Gasteiger partial charge is 0.220 e. The Labute approximate surface area is 97.4 Å². The fourth-order valence-electron chi connectivity index (χ4n) is 2.28. The van der Waals surface area contributed by atoms with Gasteiger partial charge >= 0.3 is 0 Å². The van der Waals surface area contributed by atoms with Gasteiger partial charge in [0.1, 0.15) is 0 Å². The van der Waals surface area contributed by atoms with Crippen molar-refractivity contribution in [3.63, 3.8) is 0 Å². The van der Waals surface area contributed by atoms with Crippen LogP contribution >= 0.6 is 0 Å². The lowest BCUT2D eigenvalue weighted by Crippen LogP contribution is -2.26. The average molecular weight is 220 g/mol. The number of hydrogen-bond acceptors (Lipinski definition) is 2. The second kappa shape index (κ2) is 4.77. The molecular formula is C14H20O2. The zero-order chi connectivity index (χ0) is 12.3. The van der Waals surface area contributed by atoms with Gasteiger partial charge in [-0.15, -0.1) is 0 Å². The highest BCUT2D eigenvalue weighted by atomic mass is 16.2. The molecule has 0 spiro atoms. The molecule has 0 aromatic rings. The van der Waals surface area contributed by atoms with Gasteiger partial charge in [0.2, 0.25) is 5.78 Å². The van der Waals surface area contributed by atoms with Crippen LogP contribution in [0.5, 0.6) is 0 Å². The Morgan fingerprint density at radius 3 is 2.56 bits per heavy atom. The van der Waals surface area contributed by atoms with Crippen LogP contribution in [0.3, 0.4) is 0 Å². The first-order valence-corrected chi connectivity index (χ1v) is 5.74. The van der Waals surface area contributed by atoms with Gasteiger partial charge in [-0.1, -0.05) is 31.6 Å². The molecule has 0 amide bonds. The second-order valence-corrected chi connectivity index (χ2v) is 5.23. The second-order valence-electron chi connectivity index (χ2n) is 5.23. The minimum atomic E-state index is -0.408. The lowest BCUT2D eigenvalue weighted by atomic mass is 9.68. The average Bonchev–Trinajstić information content (AvgIpc) is 2.15. The molecule has 88 valence electrons. The standard InChI is InChI=1S/C14H20O2/c1-10-6-5-9-14(3,4)12(10)7-8-13(16)11(2)15/h6-8,12H,5,9H2,1-4H3. The fraction of sp³-hybridized carbons (Fsp3) is 0.571. The first-order chi connectivity index (χ1) is 7.34. The summed E-state index contributed by atoms with van der Waals surface area (Å²) in [5, 5.41) is 0. The van der Waals surface area contributed by atoms with Gasteiger partial charge in [-0.25, -0.2) is 0 Å². The monoisotopic (exact) mass is 220 g/mol. The molecule has 0 saturated carbocycles. The molecule has 1 atom stereocenters. The van der Waals surface area contributed by atoms with Gasteiger partial charge in [0, 0.05) is 12.8 Å². The van der Waals surface area contributed by atoms with Crippen molar-refractivity contribution in [1.29, 1.82) is 0 Å². The van der Waals surface area contributed by atoms with Gasteiger partial charge in [-0.3, -0.25) is 9.59 Å². The van der Waals surface area contributed by atoms with Crippen LogP contribution < -0.4 is 0 Å². The molecule has 0 saturated heterocycles. The lowest BCUT2D eigenvalue weighted by molar-refractivity contribution is -0.132. The molecule has 1 aliphatic rings. The predicted molar refractivity (Wildman–Crippen MR) is 65.1 cm³/mol. The van der Waals surface area contributed by atoms with Gasteiger partial charge in [-0.2, -0.15) is 0 Å². The van der Waals surface area contributed by atoms with E-state index < -0.39 is 11.6 Å². The van der Waals surface area contributed by atoms with E-state index in [1.807, 2.05) is 6.08 Å². The molecule has 1 rings (SSSR count). The molecule has 1 aliphatic carbocycles. The molecule has 0 aliphatic heterocycles. The molecule has 2 heteroatoms. The normalized spacial score (nSPS) is 24.2. The topological polar surface area (TPSA) is 34.1 Å². The number of carbonyl (C=O) groups is 2. The lowest BCUT2D eigenvalue weighted by Gasteiger charge is -2.36. The summed E-state index contributed by atoms with van der Waals surface area (Å²) in [7, 11) is 0. The molecule has 2 nitrogen and oxygen atoms in total. The van der Waals surface area contributed by atoms with E-state index in [0.717, 1.165) is 12.8 Å². The third-order valence-electron chi connectivity index (χ3n) is 3.37. The van der Waals surface area contributed by atoms with E-state index in [4.69, 9.17) is 0 Å². The predicted octanol–water partition coefficient (Wildman–Crippen LogP) is 3.08. The molecule has 0 aromatic carbocycles. The summed E-state index contributed by atoms with van der Waals surface area (Å²) in [5.74, 6) is -0.537. The van der Waals surface area contributed by atoms with E-state index in [2.05, 4.69) is 26.8 Å². The molecule has 0 aromatic heterocycles. The van der Waals surface area contributed by atoms with E-state index in [1.165, 1.54) is 18.6 Å². The number of Topliss-reactive ketones (excluding diaryl/α,β-unsaturated/α-hetero) is 1. The Morgan fingerprint density at radius 1 is 1.44 bits per heavy atom. The Morgan fingerprint density at radius 2 is 2.06 bits per heavy atom. The summed E-state index contributed by atoms with van der Waals surface area (Å²) in [5.41, 5.74) is 1.47. The summed E-state index contributed by atoms with van der Waals surface area (Å²) in [6.45, 7) is 7.81. The van der Waals surface area contributed by atoms with Crippen molar-refractivity contribution in [2.75, 3.05) is 0 Å². The van der Waals surface area contributed by atoms with Crippen LogP contribution in [0, 0.1) is 11.3 Å². The highest BCUT2D eigenvalue weighted by Gasteiger charge is 2.30. The summed E-state index contributed by atoms with van der Waals surface area (Å²) in [4.78, 5) is 22.1. The quantitative estimate of drug-likeness (QED) is 0.416. The van der Waals surface area contributed by atoms with E-state index in [-0.39, 0.29) is 11.3 Å². The van der Waals surface area contributed by atoms with Crippen molar-refractivity contribution in [2.24, 2.45) is 11.3 Å². The SMILES string of the molecule is CC(=O)C(=O)C=CC1C(C)=CCCC1(C)C. The van der Waals surface area contributed by atoms with Gasteiger partial charge in [0.05, 0.1) is 0 Å². The van der Waals surface area contributed by atoms with Crippen molar-refractivity contribution >= 4 is 11.6 Å². The zero-order valence-corrected chi connectivity index (χ0v) is 10.5. The third kappa shape index (κ3) is 2.91. The Balaban J connectivity index is 2.85. The molecular weight excluding hydrogens is 200 g/mol. The summed E-state index contributed by atoms with van der Waals surface area (Å²) in [6, 6.07) is 0. The van der Waals surface area contributed by atoms with E-state index in [9.17, 15) is 9.59 Å². The van der Waals surface area contributed by atoms with Crippen LogP contribution in [0.1, 0.15) is 40.5 Å². The molecule has 0 fully saturated rings. The van der Waals surface area contributed by atoms with Crippen LogP contribution in [0.4, 0.5) is 0 Å². The zero-order valence-electron chi connectivity index (χ0n) is 10.5. The van der Waals surface area contributed by atoms with E-state index in [1.54, 1.807) is 0 Å². The molecule has 0 radical (unpaired) electrons. The maximum absolute atomic E-state index is 11.2. The molecule has 16 heavy (non-hydrogen) atoms. The van der Waals surface area contributed by atoms with E-state index >= 15 is 0 Å². The van der Waals surface area contributed by atoms with Crippen molar-refractivity contribution in [1.82, 2.24) is 0 Å². The molecule has 1 unspecified atom stereocenters. The summed E-state index contributed by atoms with van der Waals surface area (Å²) in [6.07, 6.45) is 7.75. The van der Waals surface area contributed by atoms with Crippen LogP contribution in [0.15, 0.2) is 23.8 Å². The summed E-state index contributed by atoms with van der Waals surface area (Å²) < 4.78 is 0. The number of carbonyl (C=O) groups excluding carboxylic acids is 2. The number of rotatable bonds is 3. The van der Waals surface area contributed by atoms with Crippen LogP contribution in [-0.4, -0.2) is 11.6 Å². The van der Waals surface area contributed by atoms with Crippen molar-refractivity contribution in [3.8, 4) is 0 Å². The highest BCUT2D eigenvalue weighted by molar-refractivity contribution is 6.40. The maximum Gasteiger partial charge on any atom is 0.220 e. The van der Waals surface area contributed by atoms with Gasteiger partial charge in [0.25, 0.3) is 0 Å². The van der Waals surface area contributed by atoms with Gasteiger partial charge in [-0.05, 0) is 31.3 Å². The Kier molecular flexibility index (Phi) is 3.84. The highest BCUT2D eigenvalue weighted by Crippen LogP contribution is 2.41. The van der Waals surface area contributed by atoms with E-state index in [0.29, 0.717) is 0 Å². The minimum absolute atomic E-state index is 0.173. The largest absolute Gasteiger partial charge is 0.291 e. The third-order valence-corrected chi connectivity index (χ3v) is 3.37. The number of hydrogen-bond donors (Lipinski definition) is 0. The Bertz CT molecular complexity index is 359. The number of allylic oxidation sites excluding steroid dienone is 4. The first kappa shape index (κ1) is 12.9. The van der Waals surface area contributed by atoms with Gasteiger partial charge in [0.15, 0.2) is 5.78 Å². The molecule has 0 bridgehead atoms. The number of ketones is 2. The summed E-state index contributed by atoms with van der Waals surface area (Å²) >= 11 is 0. The maximum atomic E-state index is 11.2. The van der Waals surface area contributed by atoms with Crippen LogP contribution in [0.25, 0.3) is 0 Å².